The molecule has 0 radical (unpaired) electrons. The summed E-state index contributed by atoms with van der Waals surface area (Å²) in [5.41, 5.74) is -6.56. The molecule has 0 aliphatic carbocycles. The number of hydrogen-bond donors (Lipinski definition) is 0. The van der Waals surface area contributed by atoms with Crippen molar-refractivity contribution in [2.24, 2.45) is 0 Å². The van der Waals surface area contributed by atoms with Crippen molar-refractivity contribution in [1.29, 1.82) is 0 Å². The van der Waals surface area contributed by atoms with Crippen LogP contribution in [-0.4, -0.2) is 11.8 Å². The second-order valence-electron chi connectivity index (χ2n) is 3.65. The monoisotopic (exact) mass is 310 g/mol. The Balaban J connectivity index is 3.44. The summed E-state index contributed by atoms with van der Waals surface area (Å²) >= 11 is 0. The predicted octanol–water partition coefficient (Wildman–Crippen LogP) is 5.32. The Morgan fingerprint density at radius 1 is 0.895 bits per heavy atom. The molecule has 0 saturated heterocycles. The molecule has 19 heavy (non-hydrogen) atoms. The van der Waals surface area contributed by atoms with Gasteiger partial charge in [0.2, 0.25) is 0 Å². The van der Waals surface area contributed by atoms with Gasteiger partial charge in [-0.2, -0.15) is 0 Å². The Hall–Kier alpha value is -1.17. The minimum atomic E-state index is -8.96. The van der Waals surface area contributed by atoms with Crippen molar-refractivity contribution in [1.82, 2.24) is 0 Å². The van der Waals surface area contributed by atoms with Crippen LogP contribution in [0.1, 0.15) is 5.56 Å². The van der Waals surface area contributed by atoms with E-state index >= 15 is 0 Å². The maximum atomic E-state index is 13.3. The van der Waals surface area contributed by atoms with Gasteiger partial charge in [0, 0.05) is 0 Å². The van der Waals surface area contributed by atoms with E-state index in [1.54, 1.807) is 0 Å². The van der Waals surface area contributed by atoms with E-state index in [4.69, 9.17) is 0 Å². The summed E-state index contributed by atoms with van der Waals surface area (Å²) in [5, 5.41) is -1.96. The Kier molecular flexibility index (Phi) is 3.48. The van der Waals surface area contributed by atoms with Crippen molar-refractivity contribution in [2.75, 3.05) is 0 Å². The van der Waals surface area contributed by atoms with Crippen molar-refractivity contribution in [3.05, 3.63) is 36.4 Å². The maximum absolute atomic E-state index is 13.3. The van der Waals surface area contributed by atoms with Gasteiger partial charge in [-0.3, -0.25) is 0 Å². The molecule has 0 spiro atoms. The molecule has 0 N–H and O–H groups in total. The van der Waals surface area contributed by atoms with Crippen LogP contribution in [0.25, 0.3) is 6.08 Å². The summed E-state index contributed by atoms with van der Waals surface area (Å²) in [5.74, 6) is 0. The molecule has 0 bridgehead atoms. The average molecular weight is 310 g/mol. The molecule has 0 nitrogen and oxygen atoms in total. The Morgan fingerprint density at radius 3 is 1.63 bits per heavy atom. The van der Waals surface area contributed by atoms with Crippen LogP contribution in [0.4, 0.5) is 34.5 Å². The van der Waals surface area contributed by atoms with Crippen LogP contribution in [0.2, 0.25) is 0 Å². The average Bonchev–Trinajstić information content (AvgIpc) is 2.27. The minimum absolute atomic E-state index is 0.172. The summed E-state index contributed by atoms with van der Waals surface area (Å²) in [6.45, 7) is 3.23. The van der Waals surface area contributed by atoms with E-state index in [0.717, 1.165) is 18.2 Å². The third-order valence-corrected chi connectivity index (χ3v) is 4.66. The molecule has 1 aromatic rings. The fourth-order valence-electron chi connectivity index (χ4n) is 1.22. The quantitative estimate of drug-likeness (QED) is 0.524. The van der Waals surface area contributed by atoms with Crippen LogP contribution >= 0.6 is 7.54 Å². The van der Waals surface area contributed by atoms with E-state index in [-0.39, 0.29) is 17.7 Å². The van der Waals surface area contributed by atoms with E-state index in [1.807, 2.05) is 0 Å². The standard InChI is InChI=1S/C10H7F8P/c1-2-7-3-5-8(6-4-7)19(16,17,18)10(14,15)9(11,12)13/h2-6H,1H2. The zero-order valence-electron chi connectivity index (χ0n) is 9.06. The van der Waals surface area contributed by atoms with Gasteiger partial charge in [0.15, 0.2) is 0 Å². The molecule has 0 amide bonds. The van der Waals surface area contributed by atoms with Crippen molar-refractivity contribution >= 4 is 18.9 Å². The second kappa shape index (κ2) is 4.16. The third-order valence-electron chi connectivity index (χ3n) is 2.35. The first-order valence-electron chi connectivity index (χ1n) is 4.67. The first kappa shape index (κ1) is 15.9. The molecule has 0 atom stereocenters. The van der Waals surface area contributed by atoms with Gasteiger partial charge in [-0.1, -0.05) is 0 Å². The van der Waals surface area contributed by atoms with Crippen molar-refractivity contribution in [3.63, 3.8) is 0 Å². The van der Waals surface area contributed by atoms with Crippen LogP contribution in [0.3, 0.4) is 0 Å². The van der Waals surface area contributed by atoms with E-state index < -0.39 is 24.7 Å². The molecular formula is C10H7F8P. The van der Waals surface area contributed by atoms with Gasteiger partial charge in [-0.05, 0) is 0 Å². The topological polar surface area (TPSA) is 0 Å². The van der Waals surface area contributed by atoms with Crippen LogP contribution in [-0.2, 0) is 0 Å². The summed E-state index contributed by atoms with van der Waals surface area (Å²) < 4.78 is 101. The molecule has 1 aromatic carbocycles. The molecule has 9 heteroatoms. The normalized spacial score (nSPS) is 15.7. The van der Waals surface area contributed by atoms with Gasteiger partial charge < -0.3 is 0 Å². The second-order valence-corrected chi connectivity index (χ2v) is 6.34. The molecule has 108 valence electrons. The van der Waals surface area contributed by atoms with Crippen LogP contribution in [0.5, 0.6) is 0 Å². The fraction of sp³-hybridized carbons (Fsp3) is 0.200. The summed E-state index contributed by atoms with van der Waals surface area (Å²) in [6, 6.07) is 1.95. The summed E-state index contributed by atoms with van der Waals surface area (Å²) in [7, 11) is -8.96. The Morgan fingerprint density at radius 2 is 1.32 bits per heavy atom. The number of halogens is 8. The zero-order valence-corrected chi connectivity index (χ0v) is 9.96. The van der Waals surface area contributed by atoms with Gasteiger partial charge in [0.1, 0.15) is 0 Å². The molecule has 0 unspecified atom stereocenters. The molecule has 0 aliphatic heterocycles. The van der Waals surface area contributed by atoms with Crippen LogP contribution in [0.15, 0.2) is 30.8 Å². The molecule has 0 heterocycles. The molecule has 0 aliphatic rings. The van der Waals surface area contributed by atoms with Gasteiger partial charge in [-0.15, -0.1) is 0 Å². The van der Waals surface area contributed by atoms with Crippen LogP contribution in [0, 0.1) is 0 Å². The van der Waals surface area contributed by atoms with Crippen LogP contribution < -0.4 is 5.30 Å². The van der Waals surface area contributed by atoms with Gasteiger partial charge in [0.05, 0.1) is 0 Å². The van der Waals surface area contributed by atoms with E-state index in [1.165, 1.54) is 0 Å². The first-order chi connectivity index (χ1) is 8.32. The molecule has 0 saturated carbocycles. The van der Waals surface area contributed by atoms with E-state index in [2.05, 4.69) is 6.58 Å². The molecule has 0 aromatic heterocycles. The fourth-order valence-corrected chi connectivity index (χ4v) is 2.60. The van der Waals surface area contributed by atoms with Gasteiger partial charge in [0.25, 0.3) is 0 Å². The van der Waals surface area contributed by atoms with Gasteiger partial charge in [-0.25, -0.2) is 0 Å². The Bertz CT molecular complexity index is 479. The summed E-state index contributed by atoms with van der Waals surface area (Å²) in [6.07, 6.45) is -5.55. The van der Waals surface area contributed by atoms with E-state index in [9.17, 15) is 34.5 Å². The number of rotatable bonds is 3. The number of benzene rings is 1. The Labute approximate surface area is 103 Å². The molecule has 1 rings (SSSR count). The van der Waals surface area contributed by atoms with E-state index in [0.29, 0.717) is 0 Å². The van der Waals surface area contributed by atoms with Crippen molar-refractivity contribution < 1.29 is 34.5 Å². The zero-order chi connectivity index (χ0) is 15.1. The SMILES string of the molecule is C=Cc1ccc(P(F)(F)(F)C(F)(F)C(F)(F)F)cc1. The number of alkyl halides is 5. The molecular weight excluding hydrogens is 303 g/mol. The number of hydrogen-bond acceptors (Lipinski definition) is 0. The predicted molar refractivity (Wildman–Crippen MR) is 57.4 cm³/mol. The van der Waals surface area contributed by atoms with Crippen molar-refractivity contribution in [3.8, 4) is 0 Å². The summed E-state index contributed by atoms with van der Waals surface area (Å²) in [4.78, 5) is 0. The van der Waals surface area contributed by atoms with Crippen molar-refractivity contribution in [2.45, 2.75) is 11.8 Å². The van der Waals surface area contributed by atoms with Gasteiger partial charge >= 0.3 is 102 Å². The third kappa shape index (κ3) is 2.33. The molecule has 0 fully saturated rings. The first-order valence-corrected chi connectivity index (χ1v) is 6.58.